The molecule has 1 aliphatic heterocycles. The van der Waals surface area contributed by atoms with Crippen molar-refractivity contribution in [2.75, 3.05) is 25.1 Å². The van der Waals surface area contributed by atoms with Gasteiger partial charge in [0.15, 0.2) is 0 Å². The minimum absolute atomic E-state index is 0.0961. The zero-order valence-electron chi connectivity index (χ0n) is 16.3. The minimum Gasteiger partial charge on any atom is -0.381 e. The number of nitrogens with zero attached hydrogens (tertiary/aromatic N) is 4. The zero-order valence-corrected chi connectivity index (χ0v) is 17.1. The maximum Gasteiger partial charge on any atom is 0.205 e. The van der Waals surface area contributed by atoms with Crippen LogP contribution in [0.2, 0.25) is 0 Å². The van der Waals surface area contributed by atoms with Crippen molar-refractivity contribution in [1.29, 1.82) is 0 Å². The molecule has 0 N–H and O–H groups in total. The van der Waals surface area contributed by atoms with E-state index in [0.717, 1.165) is 49.6 Å². The van der Waals surface area contributed by atoms with E-state index >= 15 is 0 Å². The summed E-state index contributed by atoms with van der Waals surface area (Å²) in [6.07, 6.45) is 4.67. The van der Waals surface area contributed by atoms with E-state index in [9.17, 15) is 0 Å². The van der Waals surface area contributed by atoms with E-state index in [1.807, 2.05) is 12.1 Å². The number of thioether (sulfide) groups is 1. The number of ether oxygens (including phenoxy) is 1. The third-order valence-corrected chi connectivity index (χ3v) is 6.64. The van der Waals surface area contributed by atoms with Crippen LogP contribution >= 0.6 is 11.8 Å². The maximum atomic E-state index is 5.56. The van der Waals surface area contributed by atoms with Crippen LogP contribution in [0.5, 0.6) is 0 Å². The van der Waals surface area contributed by atoms with Crippen LogP contribution in [-0.2, 0) is 4.74 Å². The summed E-state index contributed by atoms with van der Waals surface area (Å²) in [7, 11) is 1.80. The van der Waals surface area contributed by atoms with Gasteiger partial charge in [-0.3, -0.25) is 4.99 Å². The summed E-state index contributed by atoms with van der Waals surface area (Å²) in [6, 6.07) is 8.66. The molecule has 142 valence electrons. The fraction of sp³-hybridized carbons (Fsp3) is 0.650. The molecule has 0 aromatic heterocycles. The molecule has 1 aliphatic carbocycles. The number of hydrogen-bond donors (Lipinski definition) is 0. The first-order chi connectivity index (χ1) is 12.6. The maximum absolute atomic E-state index is 5.56. The van der Waals surface area contributed by atoms with Crippen LogP contribution in [0.3, 0.4) is 0 Å². The molecule has 0 amide bonds. The van der Waals surface area contributed by atoms with Gasteiger partial charge in [0.25, 0.3) is 0 Å². The second-order valence-electron chi connectivity index (χ2n) is 7.28. The van der Waals surface area contributed by atoms with E-state index < -0.39 is 0 Å². The Kier molecular flexibility index (Phi) is 6.35. The molecule has 6 heteroatoms. The molecule has 5 nitrogen and oxygen atoms in total. The normalized spacial score (nSPS) is 28.2. The van der Waals surface area contributed by atoms with Gasteiger partial charge in [-0.15, -0.1) is 10.2 Å². The second kappa shape index (κ2) is 8.53. The first kappa shape index (κ1) is 19.4. The van der Waals surface area contributed by atoms with E-state index in [2.05, 4.69) is 48.0 Å². The van der Waals surface area contributed by atoms with Crippen LogP contribution in [0.25, 0.3) is 0 Å². The number of methoxy groups -OCH3 is 1. The van der Waals surface area contributed by atoms with Crippen LogP contribution < -0.4 is 4.90 Å². The van der Waals surface area contributed by atoms with E-state index in [1.54, 1.807) is 18.9 Å². The lowest BCUT2D eigenvalue weighted by molar-refractivity contribution is 0.0564. The number of fused-ring (bicyclic) bond motifs is 1. The highest BCUT2D eigenvalue weighted by molar-refractivity contribution is 8.15. The average Bonchev–Trinajstić information content (AvgIpc) is 3.00. The van der Waals surface area contributed by atoms with E-state index in [4.69, 9.17) is 9.73 Å². The second-order valence-corrected chi connectivity index (χ2v) is 8.78. The number of azo groups is 1. The predicted molar refractivity (Wildman–Crippen MR) is 111 cm³/mol. The summed E-state index contributed by atoms with van der Waals surface area (Å²) in [5, 5.41) is 9.65. The van der Waals surface area contributed by atoms with Crippen molar-refractivity contribution in [2.24, 2.45) is 15.2 Å². The highest BCUT2D eigenvalue weighted by Gasteiger charge is 2.46. The molecular weight excluding hydrogens is 344 g/mol. The third kappa shape index (κ3) is 4.29. The van der Waals surface area contributed by atoms with Gasteiger partial charge in [-0.1, -0.05) is 18.7 Å². The standard InChI is InChI=1S/C20H30N4OS/c1-5-13-24(6-2)16-9-7-15(8-10-16)22-23-19-21-18-12-11-17(25-4)14-20(18,3)26-19/h7-10,17-18H,5-6,11-14H2,1-4H3. The van der Waals surface area contributed by atoms with Gasteiger partial charge in [-0.05, 0) is 63.8 Å². The van der Waals surface area contributed by atoms with Crippen LogP contribution in [0.1, 0.15) is 46.5 Å². The molecule has 0 bridgehead atoms. The van der Waals surface area contributed by atoms with Gasteiger partial charge >= 0.3 is 0 Å². The highest BCUT2D eigenvalue weighted by Crippen LogP contribution is 2.47. The molecule has 1 saturated carbocycles. The number of benzene rings is 1. The van der Waals surface area contributed by atoms with Crippen LogP contribution in [-0.4, -0.2) is 42.3 Å². The Labute approximate surface area is 161 Å². The number of hydrogen-bond acceptors (Lipinski definition) is 6. The van der Waals surface area contributed by atoms with Crippen molar-refractivity contribution < 1.29 is 4.74 Å². The molecule has 0 saturated heterocycles. The summed E-state index contributed by atoms with van der Waals surface area (Å²) < 4.78 is 5.66. The first-order valence-corrected chi connectivity index (χ1v) is 10.5. The van der Waals surface area contributed by atoms with E-state index in [1.165, 1.54) is 5.69 Å². The Balaban J connectivity index is 1.64. The van der Waals surface area contributed by atoms with Gasteiger partial charge in [0.2, 0.25) is 5.17 Å². The smallest absolute Gasteiger partial charge is 0.205 e. The van der Waals surface area contributed by atoms with Gasteiger partial charge in [-0.2, -0.15) is 0 Å². The lowest BCUT2D eigenvalue weighted by Crippen LogP contribution is -2.41. The van der Waals surface area contributed by atoms with Crippen LogP contribution in [0.15, 0.2) is 39.5 Å². The van der Waals surface area contributed by atoms with Gasteiger partial charge in [0.1, 0.15) is 0 Å². The molecule has 0 spiro atoms. The number of rotatable bonds is 6. The van der Waals surface area contributed by atoms with Gasteiger partial charge in [-0.25, -0.2) is 0 Å². The summed E-state index contributed by atoms with van der Waals surface area (Å²) in [5.41, 5.74) is 2.12. The van der Waals surface area contributed by atoms with Crippen molar-refractivity contribution in [1.82, 2.24) is 0 Å². The highest BCUT2D eigenvalue weighted by atomic mass is 32.2. The monoisotopic (exact) mass is 374 g/mol. The quantitative estimate of drug-likeness (QED) is 0.623. The SMILES string of the molecule is CCCN(CC)c1ccc(N=NC2=NC3CCC(OC)CC3(C)S2)cc1. The van der Waals surface area contributed by atoms with Gasteiger partial charge < -0.3 is 9.64 Å². The molecule has 0 radical (unpaired) electrons. The van der Waals surface area contributed by atoms with Crippen LogP contribution in [0.4, 0.5) is 11.4 Å². The van der Waals surface area contributed by atoms with Crippen molar-refractivity contribution in [2.45, 2.75) is 63.3 Å². The molecule has 3 atom stereocenters. The van der Waals surface area contributed by atoms with Crippen molar-refractivity contribution in [3.05, 3.63) is 24.3 Å². The third-order valence-electron chi connectivity index (χ3n) is 5.37. The Hall–Kier alpha value is -1.40. The summed E-state index contributed by atoms with van der Waals surface area (Å²) in [4.78, 5) is 7.18. The molecular formula is C20H30N4OS. The molecule has 3 rings (SSSR count). The van der Waals surface area contributed by atoms with Crippen molar-refractivity contribution in [3.8, 4) is 0 Å². The predicted octanol–water partition coefficient (Wildman–Crippen LogP) is 5.44. The topological polar surface area (TPSA) is 49.5 Å². The van der Waals surface area contributed by atoms with Crippen molar-refractivity contribution >= 4 is 28.3 Å². The molecule has 1 heterocycles. The van der Waals surface area contributed by atoms with Crippen LogP contribution in [0, 0.1) is 0 Å². The number of anilines is 1. The Morgan fingerprint density at radius 1 is 1.23 bits per heavy atom. The zero-order chi connectivity index (χ0) is 18.6. The number of aliphatic imine (C=N–C) groups is 1. The summed E-state index contributed by atoms with van der Waals surface area (Å²) in [6.45, 7) is 8.77. The van der Waals surface area contributed by atoms with E-state index in [-0.39, 0.29) is 4.75 Å². The van der Waals surface area contributed by atoms with Gasteiger partial charge in [0, 0.05) is 30.6 Å². The Morgan fingerprint density at radius 2 is 2.00 bits per heavy atom. The Morgan fingerprint density at radius 3 is 2.65 bits per heavy atom. The fourth-order valence-electron chi connectivity index (χ4n) is 3.84. The molecule has 1 fully saturated rings. The first-order valence-electron chi connectivity index (χ1n) is 9.64. The molecule has 2 aliphatic rings. The largest absolute Gasteiger partial charge is 0.381 e. The lowest BCUT2D eigenvalue weighted by Gasteiger charge is -2.37. The number of amidine groups is 1. The molecule has 26 heavy (non-hydrogen) atoms. The molecule has 3 unspecified atom stereocenters. The fourth-order valence-corrected chi connectivity index (χ4v) is 5.09. The van der Waals surface area contributed by atoms with E-state index in [0.29, 0.717) is 12.1 Å². The molecule has 1 aromatic rings. The van der Waals surface area contributed by atoms with Gasteiger partial charge in [0.05, 0.1) is 17.8 Å². The lowest BCUT2D eigenvalue weighted by atomic mass is 9.83. The summed E-state index contributed by atoms with van der Waals surface area (Å²) in [5.74, 6) is 0. The molecule has 1 aromatic carbocycles. The summed E-state index contributed by atoms with van der Waals surface area (Å²) >= 11 is 1.75. The average molecular weight is 375 g/mol. The minimum atomic E-state index is 0.0961. The van der Waals surface area contributed by atoms with Crippen molar-refractivity contribution in [3.63, 3.8) is 0 Å². The Bertz CT molecular complexity index is 660.